The van der Waals surface area contributed by atoms with E-state index >= 15 is 0 Å². The van der Waals surface area contributed by atoms with Crippen molar-refractivity contribution in [1.29, 1.82) is 0 Å². The van der Waals surface area contributed by atoms with Crippen molar-refractivity contribution in [3.05, 3.63) is 35.4 Å². The highest BCUT2D eigenvalue weighted by Gasteiger charge is 2.39. The molecule has 0 saturated carbocycles. The topological polar surface area (TPSA) is 44.5 Å². The van der Waals surface area contributed by atoms with E-state index in [9.17, 15) is 0 Å². The Hall–Kier alpha value is -0.900. The quantitative estimate of drug-likeness (QED) is 0.869. The van der Waals surface area contributed by atoms with Gasteiger partial charge in [-0.1, -0.05) is 31.2 Å². The molecular weight excluding hydrogens is 250 g/mol. The van der Waals surface area contributed by atoms with Gasteiger partial charge in [-0.25, -0.2) is 0 Å². The summed E-state index contributed by atoms with van der Waals surface area (Å²) in [6.45, 7) is 6.43. The van der Waals surface area contributed by atoms with Crippen LogP contribution in [0.1, 0.15) is 37.8 Å². The molecule has 2 rings (SSSR count). The Morgan fingerprint density at radius 3 is 2.30 bits per heavy atom. The molecule has 0 spiro atoms. The van der Waals surface area contributed by atoms with Crippen LogP contribution in [0.2, 0.25) is 0 Å². The second-order valence-corrected chi connectivity index (χ2v) is 5.59. The molecule has 1 unspecified atom stereocenters. The van der Waals surface area contributed by atoms with Crippen LogP contribution >= 0.6 is 0 Å². The molecule has 2 N–H and O–H groups in total. The molecule has 1 atom stereocenters. The average molecular weight is 277 g/mol. The van der Waals surface area contributed by atoms with Crippen LogP contribution in [0.25, 0.3) is 0 Å². The van der Waals surface area contributed by atoms with Gasteiger partial charge in [-0.3, -0.25) is 0 Å². The summed E-state index contributed by atoms with van der Waals surface area (Å²) in [7, 11) is 0. The molecule has 3 nitrogen and oxygen atoms in total. The number of ether oxygens (including phenoxy) is 2. The normalized spacial score (nSPS) is 19.8. The van der Waals surface area contributed by atoms with Crippen LogP contribution in [-0.2, 0) is 22.3 Å². The van der Waals surface area contributed by atoms with Gasteiger partial charge in [-0.2, -0.15) is 0 Å². The Morgan fingerprint density at radius 2 is 1.75 bits per heavy atom. The van der Waals surface area contributed by atoms with Crippen molar-refractivity contribution in [2.75, 3.05) is 19.8 Å². The van der Waals surface area contributed by atoms with Gasteiger partial charge in [0.25, 0.3) is 0 Å². The fraction of sp³-hybridized carbons (Fsp3) is 0.647. The Balaban J connectivity index is 2.05. The highest BCUT2D eigenvalue weighted by Crippen LogP contribution is 2.29. The Kier molecular flexibility index (Phi) is 5.58. The predicted octanol–water partition coefficient (Wildman–Crippen LogP) is 2.70. The third-order valence-corrected chi connectivity index (χ3v) is 4.33. The second kappa shape index (κ2) is 7.21. The highest BCUT2D eigenvalue weighted by molar-refractivity contribution is 5.23. The zero-order valence-electron chi connectivity index (χ0n) is 12.7. The molecule has 1 fully saturated rings. The number of hydrogen-bond acceptors (Lipinski definition) is 3. The van der Waals surface area contributed by atoms with Crippen LogP contribution in [0.15, 0.2) is 24.3 Å². The molecule has 1 saturated heterocycles. The molecule has 112 valence electrons. The standard InChI is InChI=1S/C17H27NO2/c1-3-14-5-7-15(8-6-14)13-16(18)17(20-4-2)9-11-19-12-10-17/h5-8,16H,3-4,9-13,18H2,1-2H3. The zero-order valence-corrected chi connectivity index (χ0v) is 12.7. The molecule has 0 radical (unpaired) electrons. The molecule has 0 amide bonds. The van der Waals surface area contributed by atoms with E-state index < -0.39 is 0 Å². The second-order valence-electron chi connectivity index (χ2n) is 5.59. The lowest BCUT2D eigenvalue weighted by molar-refractivity contribution is -0.120. The third kappa shape index (κ3) is 3.60. The highest BCUT2D eigenvalue weighted by atomic mass is 16.5. The number of benzene rings is 1. The first kappa shape index (κ1) is 15.5. The Morgan fingerprint density at radius 1 is 1.15 bits per heavy atom. The van der Waals surface area contributed by atoms with Crippen molar-refractivity contribution in [1.82, 2.24) is 0 Å². The maximum Gasteiger partial charge on any atom is 0.0879 e. The number of rotatable bonds is 6. The molecule has 0 bridgehead atoms. The van der Waals surface area contributed by atoms with Crippen LogP contribution in [-0.4, -0.2) is 31.5 Å². The summed E-state index contributed by atoms with van der Waals surface area (Å²) in [5.74, 6) is 0. The maximum atomic E-state index is 6.49. The third-order valence-electron chi connectivity index (χ3n) is 4.33. The van der Waals surface area contributed by atoms with Crippen LogP contribution in [0.5, 0.6) is 0 Å². The van der Waals surface area contributed by atoms with Gasteiger partial charge in [0.15, 0.2) is 0 Å². The van der Waals surface area contributed by atoms with E-state index in [4.69, 9.17) is 15.2 Å². The monoisotopic (exact) mass is 277 g/mol. The Bertz CT molecular complexity index is 390. The molecule has 3 heteroatoms. The van der Waals surface area contributed by atoms with Crippen molar-refractivity contribution < 1.29 is 9.47 Å². The van der Waals surface area contributed by atoms with E-state index in [2.05, 4.69) is 31.2 Å². The zero-order chi connectivity index (χ0) is 14.4. The minimum absolute atomic E-state index is 0.0267. The van der Waals surface area contributed by atoms with Gasteiger partial charge >= 0.3 is 0 Å². The first-order valence-corrected chi connectivity index (χ1v) is 7.75. The fourth-order valence-corrected chi connectivity index (χ4v) is 2.98. The van der Waals surface area contributed by atoms with Crippen molar-refractivity contribution in [2.45, 2.75) is 51.2 Å². The van der Waals surface area contributed by atoms with Gasteiger partial charge in [0.2, 0.25) is 0 Å². The molecule has 0 aliphatic carbocycles. The molecule has 1 aliphatic rings. The fourth-order valence-electron chi connectivity index (χ4n) is 2.98. The van der Waals surface area contributed by atoms with E-state index in [-0.39, 0.29) is 11.6 Å². The van der Waals surface area contributed by atoms with Crippen LogP contribution in [0.3, 0.4) is 0 Å². The minimum Gasteiger partial charge on any atom is -0.381 e. The summed E-state index contributed by atoms with van der Waals surface area (Å²) in [6, 6.07) is 8.80. The maximum absolute atomic E-state index is 6.49. The van der Waals surface area contributed by atoms with Crippen molar-refractivity contribution in [3.63, 3.8) is 0 Å². The Labute approximate surface area is 122 Å². The van der Waals surface area contributed by atoms with E-state index in [0.29, 0.717) is 6.61 Å². The molecule has 1 aromatic carbocycles. The molecule has 1 aliphatic heterocycles. The van der Waals surface area contributed by atoms with Crippen LogP contribution in [0.4, 0.5) is 0 Å². The van der Waals surface area contributed by atoms with Gasteiger partial charge in [0.05, 0.1) is 5.60 Å². The number of aryl methyl sites for hydroxylation is 1. The molecule has 1 heterocycles. The van der Waals surface area contributed by atoms with E-state index in [1.54, 1.807) is 0 Å². The van der Waals surface area contributed by atoms with Crippen molar-refractivity contribution in [3.8, 4) is 0 Å². The predicted molar refractivity (Wildman–Crippen MR) is 81.9 cm³/mol. The summed E-state index contributed by atoms with van der Waals surface area (Å²) in [6.07, 6.45) is 3.74. The molecule has 20 heavy (non-hydrogen) atoms. The van der Waals surface area contributed by atoms with Crippen molar-refractivity contribution in [2.24, 2.45) is 5.73 Å². The SMILES string of the molecule is CCOC1(C(N)Cc2ccc(CC)cc2)CCOCC1. The number of hydrogen-bond donors (Lipinski definition) is 1. The molecular formula is C17H27NO2. The van der Waals surface area contributed by atoms with Crippen LogP contribution < -0.4 is 5.73 Å². The first-order chi connectivity index (χ1) is 9.70. The summed E-state index contributed by atoms with van der Waals surface area (Å²) in [5.41, 5.74) is 8.94. The summed E-state index contributed by atoms with van der Waals surface area (Å²) in [5, 5.41) is 0. The van der Waals surface area contributed by atoms with Gasteiger partial charge < -0.3 is 15.2 Å². The lowest BCUT2D eigenvalue weighted by atomic mass is 9.83. The van der Waals surface area contributed by atoms with E-state index in [1.165, 1.54) is 11.1 Å². The van der Waals surface area contributed by atoms with E-state index in [1.807, 2.05) is 6.92 Å². The molecule has 1 aromatic rings. The molecule has 0 aromatic heterocycles. The summed E-state index contributed by atoms with van der Waals surface area (Å²) in [4.78, 5) is 0. The number of nitrogens with two attached hydrogens (primary N) is 1. The van der Waals surface area contributed by atoms with Crippen molar-refractivity contribution >= 4 is 0 Å². The summed E-state index contributed by atoms with van der Waals surface area (Å²) >= 11 is 0. The van der Waals surface area contributed by atoms with Gasteiger partial charge in [-0.15, -0.1) is 0 Å². The average Bonchev–Trinajstić information content (AvgIpc) is 2.49. The first-order valence-electron chi connectivity index (χ1n) is 7.75. The van der Waals surface area contributed by atoms with Crippen LogP contribution in [0, 0.1) is 0 Å². The lowest BCUT2D eigenvalue weighted by Crippen LogP contribution is -2.54. The lowest BCUT2D eigenvalue weighted by Gasteiger charge is -2.41. The van der Waals surface area contributed by atoms with E-state index in [0.717, 1.165) is 38.9 Å². The largest absolute Gasteiger partial charge is 0.381 e. The minimum atomic E-state index is -0.212. The summed E-state index contributed by atoms with van der Waals surface area (Å²) < 4.78 is 11.5. The van der Waals surface area contributed by atoms with Gasteiger partial charge in [0.1, 0.15) is 0 Å². The van der Waals surface area contributed by atoms with Gasteiger partial charge in [0, 0.05) is 38.7 Å². The smallest absolute Gasteiger partial charge is 0.0879 e. The van der Waals surface area contributed by atoms with Gasteiger partial charge in [-0.05, 0) is 30.9 Å².